The van der Waals surface area contributed by atoms with Crippen molar-refractivity contribution in [1.29, 1.82) is 0 Å². The summed E-state index contributed by atoms with van der Waals surface area (Å²) in [4.78, 5) is 25.7. The predicted octanol–water partition coefficient (Wildman–Crippen LogP) is 8.54. The van der Waals surface area contributed by atoms with Gasteiger partial charge in [0.1, 0.15) is 0 Å². The normalized spacial score (nSPS) is 14.6. The maximum absolute atomic E-state index is 13.6. The van der Waals surface area contributed by atoms with Crippen molar-refractivity contribution >= 4 is 28.3 Å². The maximum Gasteiger partial charge on any atom is 0.316 e. The molecule has 0 amide bonds. The van der Waals surface area contributed by atoms with Gasteiger partial charge in [0.2, 0.25) is 0 Å². The average Bonchev–Trinajstić information content (AvgIpc) is 2.79. The zero-order chi connectivity index (χ0) is 30.1. The molecule has 1 unspecified atom stereocenters. The minimum atomic E-state index is -1.79. The van der Waals surface area contributed by atoms with Gasteiger partial charge in [0.05, 0.1) is 25.0 Å². The van der Waals surface area contributed by atoms with Gasteiger partial charge >= 0.3 is 11.9 Å². The monoisotopic (exact) mass is 578 g/mol. The smallest absolute Gasteiger partial charge is 0.316 e. The molecule has 39 heavy (non-hydrogen) atoms. The van der Waals surface area contributed by atoms with Crippen molar-refractivity contribution in [3.8, 4) is 0 Å². The van der Waals surface area contributed by atoms with Crippen LogP contribution in [0.15, 0.2) is 24.3 Å². The Morgan fingerprint density at radius 1 is 0.872 bits per heavy atom. The van der Waals surface area contributed by atoms with E-state index < -0.39 is 21.8 Å². The van der Waals surface area contributed by atoms with Gasteiger partial charge in [-0.1, -0.05) is 91.4 Å². The van der Waals surface area contributed by atoms with E-state index in [9.17, 15) is 9.59 Å². The van der Waals surface area contributed by atoms with E-state index in [-0.39, 0.29) is 28.8 Å². The molecular formula is C32H58O5Si2. The molecule has 1 rings (SSSR count). The fraction of sp³-hybridized carbons (Fsp3) is 0.750. The summed E-state index contributed by atoms with van der Waals surface area (Å²) in [5, 5.41) is 0.197. The first-order valence-corrected chi connectivity index (χ1v) is 21.4. The summed E-state index contributed by atoms with van der Waals surface area (Å²) in [5.41, 5.74) is 1.06. The predicted molar refractivity (Wildman–Crippen MR) is 169 cm³/mol. The summed E-state index contributed by atoms with van der Waals surface area (Å²) in [6.45, 7) is 28.2. The Bertz CT molecular complexity index is 927. The number of hydrogen-bond acceptors (Lipinski definition) is 5. The Morgan fingerprint density at radius 3 is 2.05 bits per heavy atom. The highest BCUT2D eigenvalue weighted by atomic mass is 28.4. The molecule has 0 aromatic heterocycles. The SMILES string of the molecule is CCOC(=O)Cc1cccc(C(C)(CCCCC(C)(C)CO[Si](C)(C)C(C)(C)C)C(=O)OCC[Si](C)(C)C)c1. The van der Waals surface area contributed by atoms with Crippen molar-refractivity contribution in [2.45, 2.75) is 130 Å². The van der Waals surface area contributed by atoms with E-state index in [0.717, 1.165) is 43.0 Å². The fourth-order valence-electron chi connectivity index (χ4n) is 4.12. The second-order valence-corrected chi connectivity index (χ2v) is 25.3. The molecule has 0 N–H and O–H groups in total. The van der Waals surface area contributed by atoms with Crippen LogP contribution in [0.5, 0.6) is 0 Å². The Balaban J connectivity index is 2.98. The van der Waals surface area contributed by atoms with Crippen LogP contribution in [-0.2, 0) is 35.3 Å². The lowest BCUT2D eigenvalue weighted by Crippen LogP contribution is -2.43. The minimum absolute atomic E-state index is 0.0727. The van der Waals surface area contributed by atoms with Crippen LogP contribution in [0.2, 0.25) is 43.8 Å². The number of unbranched alkanes of at least 4 members (excludes halogenated alkanes) is 1. The Hall–Kier alpha value is -1.45. The standard InChI is InChI=1S/C32H58O5Si2/c1-13-35-28(33)24-26-17-16-18-27(23-26)32(7,29(34)36-21-22-38(8,9)10)20-15-14-19-31(5,6)25-37-39(11,12)30(2,3)4/h16-18,23H,13-15,19-22,24-25H2,1-12H3. The number of carbonyl (C=O) groups excluding carboxylic acids is 2. The van der Waals surface area contributed by atoms with Gasteiger partial charge < -0.3 is 13.9 Å². The Kier molecular flexibility index (Phi) is 13.2. The third-order valence-electron chi connectivity index (χ3n) is 8.16. The minimum Gasteiger partial charge on any atom is -0.466 e. The van der Waals surface area contributed by atoms with Gasteiger partial charge in [-0.15, -0.1) is 0 Å². The highest BCUT2D eigenvalue weighted by molar-refractivity contribution is 6.76. The molecule has 0 heterocycles. The quantitative estimate of drug-likeness (QED) is 0.112. The van der Waals surface area contributed by atoms with E-state index >= 15 is 0 Å². The zero-order valence-corrected chi connectivity index (χ0v) is 29.2. The van der Waals surface area contributed by atoms with E-state index in [1.807, 2.05) is 38.1 Å². The lowest BCUT2D eigenvalue weighted by Gasteiger charge is -2.39. The van der Waals surface area contributed by atoms with Gasteiger partial charge in [-0.05, 0) is 67.4 Å². The lowest BCUT2D eigenvalue weighted by atomic mass is 9.76. The molecule has 0 saturated heterocycles. The third-order valence-corrected chi connectivity index (χ3v) is 14.3. The number of carbonyl (C=O) groups is 2. The largest absolute Gasteiger partial charge is 0.466 e. The highest BCUT2D eigenvalue weighted by Crippen LogP contribution is 2.39. The first kappa shape index (κ1) is 35.6. The summed E-state index contributed by atoms with van der Waals surface area (Å²) in [6.07, 6.45) is 3.84. The van der Waals surface area contributed by atoms with Gasteiger partial charge in [-0.25, -0.2) is 0 Å². The van der Waals surface area contributed by atoms with Crippen LogP contribution in [0.3, 0.4) is 0 Å². The molecule has 1 aromatic carbocycles. The van der Waals surface area contributed by atoms with Crippen molar-refractivity contribution in [3.63, 3.8) is 0 Å². The molecule has 0 fully saturated rings. The highest BCUT2D eigenvalue weighted by Gasteiger charge is 2.39. The summed E-state index contributed by atoms with van der Waals surface area (Å²) < 4.78 is 17.6. The Morgan fingerprint density at radius 2 is 1.49 bits per heavy atom. The molecule has 0 aliphatic rings. The summed E-state index contributed by atoms with van der Waals surface area (Å²) in [7, 11) is -3.11. The van der Waals surface area contributed by atoms with Gasteiger partial charge in [-0.2, -0.15) is 0 Å². The van der Waals surface area contributed by atoms with Gasteiger partial charge in [0, 0.05) is 14.7 Å². The van der Waals surface area contributed by atoms with Crippen LogP contribution >= 0.6 is 0 Å². The number of rotatable bonds is 16. The molecule has 5 nitrogen and oxygen atoms in total. The van der Waals surface area contributed by atoms with Crippen molar-refractivity contribution < 1.29 is 23.5 Å². The van der Waals surface area contributed by atoms with Crippen molar-refractivity contribution in [2.24, 2.45) is 5.41 Å². The summed E-state index contributed by atoms with van der Waals surface area (Å²) in [5.74, 6) is -0.425. The molecule has 1 atom stereocenters. The number of hydrogen-bond donors (Lipinski definition) is 0. The molecule has 224 valence electrons. The second-order valence-electron chi connectivity index (χ2n) is 14.9. The van der Waals surface area contributed by atoms with E-state index in [0.29, 0.717) is 19.6 Å². The zero-order valence-electron chi connectivity index (χ0n) is 27.2. The van der Waals surface area contributed by atoms with Gasteiger partial charge in [0.25, 0.3) is 0 Å². The first-order chi connectivity index (χ1) is 17.7. The number of esters is 2. The van der Waals surface area contributed by atoms with Crippen LogP contribution < -0.4 is 0 Å². The summed E-state index contributed by atoms with van der Waals surface area (Å²) in [6, 6.07) is 8.76. The van der Waals surface area contributed by atoms with Crippen molar-refractivity contribution in [3.05, 3.63) is 35.4 Å². The average molecular weight is 579 g/mol. The second kappa shape index (κ2) is 14.4. The van der Waals surface area contributed by atoms with E-state index in [4.69, 9.17) is 13.9 Å². The van der Waals surface area contributed by atoms with Crippen LogP contribution in [0.4, 0.5) is 0 Å². The number of ether oxygens (including phenoxy) is 2. The molecular weight excluding hydrogens is 521 g/mol. The van der Waals surface area contributed by atoms with Crippen LogP contribution in [0.1, 0.15) is 85.3 Å². The molecule has 0 bridgehead atoms. The summed E-state index contributed by atoms with van der Waals surface area (Å²) >= 11 is 0. The van der Waals surface area contributed by atoms with Crippen molar-refractivity contribution in [1.82, 2.24) is 0 Å². The Labute approximate surface area is 241 Å². The van der Waals surface area contributed by atoms with E-state index in [2.05, 4.69) is 67.4 Å². The maximum atomic E-state index is 13.6. The number of benzene rings is 1. The van der Waals surface area contributed by atoms with Gasteiger partial charge in [0.15, 0.2) is 8.32 Å². The van der Waals surface area contributed by atoms with Crippen LogP contribution in [-0.4, -0.2) is 48.2 Å². The molecule has 0 spiro atoms. The van der Waals surface area contributed by atoms with Crippen LogP contribution in [0, 0.1) is 5.41 Å². The molecule has 0 saturated carbocycles. The molecule has 1 aromatic rings. The lowest BCUT2D eigenvalue weighted by molar-refractivity contribution is -0.150. The molecule has 0 radical (unpaired) electrons. The fourth-order valence-corrected chi connectivity index (χ4v) is 6.02. The molecule has 7 heteroatoms. The molecule has 0 aliphatic carbocycles. The van der Waals surface area contributed by atoms with Crippen molar-refractivity contribution in [2.75, 3.05) is 19.8 Å². The third kappa shape index (κ3) is 12.3. The first-order valence-electron chi connectivity index (χ1n) is 14.8. The van der Waals surface area contributed by atoms with E-state index in [1.165, 1.54) is 0 Å². The van der Waals surface area contributed by atoms with Crippen LogP contribution in [0.25, 0.3) is 0 Å². The van der Waals surface area contributed by atoms with Gasteiger partial charge in [-0.3, -0.25) is 9.59 Å². The molecule has 0 aliphatic heterocycles. The topological polar surface area (TPSA) is 61.8 Å². The van der Waals surface area contributed by atoms with E-state index in [1.54, 1.807) is 0 Å².